The van der Waals surface area contributed by atoms with Crippen molar-refractivity contribution in [3.8, 4) is 0 Å². The Balaban J connectivity index is 2.28. The summed E-state index contributed by atoms with van der Waals surface area (Å²) in [5.74, 6) is 0. The second kappa shape index (κ2) is 4.35. The quantitative estimate of drug-likeness (QED) is 0.789. The van der Waals surface area contributed by atoms with E-state index < -0.39 is 0 Å². The summed E-state index contributed by atoms with van der Waals surface area (Å²) in [4.78, 5) is 0. The second-order valence-electron chi connectivity index (χ2n) is 3.17. The summed E-state index contributed by atoms with van der Waals surface area (Å²) in [7, 11) is 1.82. The van der Waals surface area contributed by atoms with Crippen LogP contribution in [0.5, 0.6) is 0 Å². The third-order valence-corrected chi connectivity index (χ3v) is 4.34. The average Bonchev–Trinajstić information content (AvgIpc) is 2.23. The van der Waals surface area contributed by atoms with E-state index in [0.29, 0.717) is 4.73 Å². The molecule has 0 radical (unpaired) electrons. The molecule has 0 atom stereocenters. The van der Waals surface area contributed by atoms with Gasteiger partial charge in [0.1, 0.15) is 0 Å². The molecule has 0 aliphatic carbocycles. The van der Waals surface area contributed by atoms with Crippen molar-refractivity contribution in [2.45, 2.75) is 5.32 Å². The van der Waals surface area contributed by atoms with Crippen LogP contribution in [-0.2, 0) is 0 Å². The van der Waals surface area contributed by atoms with Crippen molar-refractivity contribution in [3.63, 3.8) is 0 Å². The molecule has 5 heteroatoms. The standard InChI is InChI=1S/C10H10ClN3Se/c1-14-10(12)15-6-9(13-14)7-2-4-8(11)5-3-7/h2-5,12H,6H2,1H3. The van der Waals surface area contributed by atoms with Crippen LogP contribution in [0.1, 0.15) is 5.56 Å². The van der Waals surface area contributed by atoms with Crippen LogP contribution in [0.15, 0.2) is 29.4 Å². The van der Waals surface area contributed by atoms with Gasteiger partial charge in [0.25, 0.3) is 0 Å². The maximum atomic E-state index is 7.61. The number of rotatable bonds is 1. The predicted molar refractivity (Wildman–Crippen MR) is 64.0 cm³/mol. The van der Waals surface area contributed by atoms with Crippen molar-refractivity contribution in [2.24, 2.45) is 5.10 Å². The SMILES string of the molecule is CN1N=C(c2ccc(Cl)cc2)C[Se]C1=N. The summed E-state index contributed by atoms with van der Waals surface area (Å²) >= 11 is 6.02. The zero-order valence-electron chi connectivity index (χ0n) is 8.20. The summed E-state index contributed by atoms with van der Waals surface area (Å²) < 4.78 is 0.625. The molecule has 0 aromatic heterocycles. The Hall–Kier alpha value is -0.831. The molecule has 0 saturated heterocycles. The fourth-order valence-corrected chi connectivity index (χ4v) is 2.92. The molecule has 0 unspecified atom stereocenters. The van der Waals surface area contributed by atoms with Gasteiger partial charge in [0.2, 0.25) is 0 Å². The predicted octanol–water partition coefficient (Wildman–Crippen LogP) is 2.05. The van der Waals surface area contributed by atoms with Gasteiger partial charge < -0.3 is 0 Å². The van der Waals surface area contributed by atoms with Crippen LogP contribution in [0.3, 0.4) is 0 Å². The van der Waals surface area contributed by atoms with Gasteiger partial charge in [0, 0.05) is 0 Å². The van der Waals surface area contributed by atoms with Crippen molar-refractivity contribution < 1.29 is 0 Å². The van der Waals surface area contributed by atoms with E-state index in [9.17, 15) is 0 Å². The van der Waals surface area contributed by atoms with Gasteiger partial charge in [-0.05, 0) is 0 Å². The van der Waals surface area contributed by atoms with Crippen molar-refractivity contribution in [2.75, 3.05) is 7.05 Å². The van der Waals surface area contributed by atoms with Gasteiger partial charge >= 0.3 is 99.7 Å². The zero-order valence-corrected chi connectivity index (χ0v) is 10.7. The molecule has 0 spiro atoms. The van der Waals surface area contributed by atoms with E-state index in [4.69, 9.17) is 17.0 Å². The molecule has 1 heterocycles. The normalized spacial score (nSPS) is 16.5. The topological polar surface area (TPSA) is 39.5 Å². The van der Waals surface area contributed by atoms with E-state index in [-0.39, 0.29) is 15.0 Å². The van der Waals surface area contributed by atoms with E-state index in [1.54, 1.807) is 5.01 Å². The first kappa shape index (κ1) is 10.7. The second-order valence-corrected chi connectivity index (χ2v) is 5.63. The number of halogens is 1. The van der Waals surface area contributed by atoms with Crippen LogP contribution in [0, 0.1) is 5.41 Å². The van der Waals surface area contributed by atoms with E-state index >= 15 is 0 Å². The van der Waals surface area contributed by atoms with Crippen molar-refractivity contribution in [1.29, 1.82) is 5.41 Å². The molecule has 0 saturated carbocycles. The molecule has 1 aromatic rings. The third-order valence-electron chi connectivity index (χ3n) is 2.09. The molecule has 0 bridgehead atoms. The molecular formula is C10H10ClN3Se. The Morgan fingerprint density at radius 2 is 2.07 bits per heavy atom. The molecule has 78 valence electrons. The fourth-order valence-electron chi connectivity index (χ4n) is 1.27. The Bertz CT molecular complexity index is 413. The molecule has 1 N–H and O–H groups in total. The van der Waals surface area contributed by atoms with Crippen LogP contribution in [0.25, 0.3) is 0 Å². The van der Waals surface area contributed by atoms with Crippen LogP contribution < -0.4 is 0 Å². The number of nitrogens with one attached hydrogen (secondary N) is 1. The van der Waals surface area contributed by atoms with Gasteiger partial charge in [-0.1, -0.05) is 0 Å². The molecule has 3 nitrogen and oxygen atoms in total. The van der Waals surface area contributed by atoms with Crippen LogP contribution in [-0.4, -0.2) is 37.5 Å². The van der Waals surface area contributed by atoms with Gasteiger partial charge in [0.15, 0.2) is 0 Å². The first-order valence-corrected chi connectivity index (χ1v) is 6.90. The molecule has 0 fully saturated rings. The number of hydrogen-bond donors (Lipinski definition) is 1. The Morgan fingerprint density at radius 1 is 1.40 bits per heavy atom. The summed E-state index contributed by atoms with van der Waals surface area (Å²) in [6, 6.07) is 7.68. The van der Waals surface area contributed by atoms with E-state index in [0.717, 1.165) is 21.6 Å². The Kier molecular flexibility index (Phi) is 3.10. The monoisotopic (exact) mass is 287 g/mol. The average molecular weight is 287 g/mol. The summed E-state index contributed by atoms with van der Waals surface area (Å²) in [6.07, 6.45) is 0. The van der Waals surface area contributed by atoms with Gasteiger partial charge in [0.05, 0.1) is 0 Å². The molecule has 2 rings (SSSR count). The van der Waals surface area contributed by atoms with Gasteiger partial charge in [-0.3, -0.25) is 0 Å². The molecule has 1 aliphatic rings. The minimum atomic E-state index is 0.200. The van der Waals surface area contributed by atoms with Gasteiger partial charge in [-0.15, -0.1) is 0 Å². The summed E-state index contributed by atoms with van der Waals surface area (Å²) in [5, 5.41) is 15.2. The minimum absolute atomic E-state index is 0.200. The zero-order chi connectivity index (χ0) is 10.8. The summed E-state index contributed by atoms with van der Waals surface area (Å²) in [6.45, 7) is 0. The maximum absolute atomic E-state index is 7.61. The molecule has 1 aliphatic heterocycles. The summed E-state index contributed by atoms with van der Waals surface area (Å²) in [5.41, 5.74) is 2.14. The molecule has 15 heavy (non-hydrogen) atoms. The number of hydrazone groups is 1. The van der Waals surface area contributed by atoms with Crippen LogP contribution in [0.2, 0.25) is 10.3 Å². The van der Waals surface area contributed by atoms with Gasteiger partial charge in [-0.25, -0.2) is 0 Å². The third kappa shape index (κ3) is 2.40. The van der Waals surface area contributed by atoms with Gasteiger partial charge in [-0.2, -0.15) is 0 Å². The number of benzene rings is 1. The first-order valence-electron chi connectivity index (χ1n) is 4.45. The van der Waals surface area contributed by atoms with Crippen molar-refractivity contribution in [3.05, 3.63) is 34.9 Å². The number of hydrogen-bond acceptors (Lipinski definition) is 2. The van der Waals surface area contributed by atoms with Crippen molar-refractivity contribution in [1.82, 2.24) is 5.01 Å². The molecule has 0 amide bonds. The van der Waals surface area contributed by atoms with E-state index in [2.05, 4.69) is 5.10 Å². The first-order chi connectivity index (χ1) is 7.16. The molecule has 1 aromatic carbocycles. The number of nitrogens with zero attached hydrogens (tertiary/aromatic N) is 2. The van der Waals surface area contributed by atoms with Crippen molar-refractivity contribution >= 4 is 37.0 Å². The molecular weight excluding hydrogens is 277 g/mol. The van der Waals surface area contributed by atoms with Crippen LogP contribution in [0.4, 0.5) is 0 Å². The Morgan fingerprint density at radius 3 is 2.67 bits per heavy atom. The fraction of sp³-hybridized carbons (Fsp3) is 0.200. The Labute approximate surface area is 99.8 Å². The van der Waals surface area contributed by atoms with Crippen LogP contribution >= 0.6 is 11.6 Å². The number of amidine groups is 1. The van der Waals surface area contributed by atoms with E-state index in [1.807, 2.05) is 31.3 Å². The van der Waals surface area contributed by atoms with E-state index in [1.165, 1.54) is 0 Å².